The molecule has 0 radical (unpaired) electrons. The highest BCUT2D eigenvalue weighted by Gasteiger charge is 2.29. The smallest absolute Gasteiger partial charge is 0.0218 e. The van der Waals surface area contributed by atoms with Crippen LogP contribution in [0, 0.1) is 11.8 Å². The van der Waals surface area contributed by atoms with Crippen LogP contribution in [0.15, 0.2) is 0 Å². The van der Waals surface area contributed by atoms with E-state index in [4.69, 9.17) is 0 Å². The standard InChI is InChI=1S/C17H35N3/c1-5-17-10-18-16(9-14(2)3)13-20(17)12-15-7-6-8-19(4)11-15/h14-18H,5-13H2,1-4H3. The Balaban J connectivity index is 1.87. The van der Waals surface area contributed by atoms with E-state index in [1.165, 1.54) is 58.4 Å². The molecule has 3 unspecified atom stereocenters. The molecule has 3 heteroatoms. The van der Waals surface area contributed by atoms with E-state index < -0.39 is 0 Å². The summed E-state index contributed by atoms with van der Waals surface area (Å²) in [5.74, 6) is 1.69. The van der Waals surface area contributed by atoms with Crippen molar-refractivity contribution in [3.05, 3.63) is 0 Å². The highest BCUT2D eigenvalue weighted by atomic mass is 15.2. The fraction of sp³-hybridized carbons (Fsp3) is 1.00. The summed E-state index contributed by atoms with van der Waals surface area (Å²) in [7, 11) is 2.28. The van der Waals surface area contributed by atoms with Crippen LogP contribution >= 0.6 is 0 Å². The molecule has 2 rings (SSSR count). The second kappa shape index (κ2) is 7.77. The Bertz CT molecular complexity index is 279. The zero-order chi connectivity index (χ0) is 14.5. The Labute approximate surface area is 126 Å². The molecule has 0 aliphatic carbocycles. The normalized spacial score (nSPS) is 33.8. The van der Waals surface area contributed by atoms with Crippen LogP contribution in [0.5, 0.6) is 0 Å². The predicted octanol–water partition coefficient (Wildman–Crippen LogP) is 2.43. The minimum absolute atomic E-state index is 0.708. The third-order valence-electron chi connectivity index (χ3n) is 5.06. The zero-order valence-corrected chi connectivity index (χ0v) is 14.1. The number of rotatable bonds is 5. The molecule has 0 saturated carbocycles. The van der Waals surface area contributed by atoms with Crippen molar-refractivity contribution in [2.24, 2.45) is 11.8 Å². The Hall–Kier alpha value is -0.120. The average molecular weight is 281 g/mol. The number of likely N-dealkylation sites (tertiary alicyclic amines) is 1. The van der Waals surface area contributed by atoms with Crippen LogP contribution in [0.1, 0.15) is 46.5 Å². The average Bonchev–Trinajstić information content (AvgIpc) is 2.38. The van der Waals surface area contributed by atoms with Crippen molar-refractivity contribution in [1.29, 1.82) is 0 Å². The Morgan fingerprint density at radius 3 is 2.70 bits per heavy atom. The third kappa shape index (κ3) is 4.71. The van der Waals surface area contributed by atoms with E-state index in [0.717, 1.165) is 17.9 Å². The van der Waals surface area contributed by atoms with Gasteiger partial charge in [0.1, 0.15) is 0 Å². The zero-order valence-electron chi connectivity index (χ0n) is 14.1. The highest BCUT2D eigenvalue weighted by molar-refractivity contribution is 4.88. The maximum absolute atomic E-state index is 3.78. The number of nitrogens with one attached hydrogen (secondary N) is 1. The molecular weight excluding hydrogens is 246 g/mol. The number of nitrogens with zero attached hydrogens (tertiary/aromatic N) is 2. The van der Waals surface area contributed by atoms with Gasteiger partial charge in [-0.2, -0.15) is 0 Å². The third-order valence-corrected chi connectivity index (χ3v) is 5.06. The van der Waals surface area contributed by atoms with Gasteiger partial charge in [0, 0.05) is 38.3 Å². The van der Waals surface area contributed by atoms with Crippen LogP contribution in [0.2, 0.25) is 0 Å². The van der Waals surface area contributed by atoms with Gasteiger partial charge in [0.05, 0.1) is 0 Å². The Kier molecular flexibility index (Phi) is 6.31. The van der Waals surface area contributed by atoms with Gasteiger partial charge in [0.25, 0.3) is 0 Å². The molecule has 2 aliphatic rings. The molecule has 20 heavy (non-hydrogen) atoms. The van der Waals surface area contributed by atoms with Crippen molar-refractivity contribution < 1.29 is 0 Å². The number of hydrogen-bond donors (Lipinski definition) is 1. The van der Waals surface area contributed by atoms with Crippen LogP contribution in [0.4, 0.5) is 0 Å². The highest BCUT2D eigenvalue weighted by Crippen LogP contribution is 2.21. The summed E-state index contributed by atoms with van der Waals surface area (Å²) in [5.41, 5.74) is 0. The first kappa shape index (κ1) is 16.3. The summed E-state index contributed by atoms with van der Waals surface area (Å²) in [6.07, 6.45) is 5.42. The molecule has 0 aromatic rings. The van der Waals surface area contributed by atoms with Gasteiger partial charge in [-0.25, -0.2) is 0 Å². The molecular formula is C17H35N3. The van der Waals surface area contributed by atoms with E-state index in [1.807, 2.05) is 0 Å². The van der Waals surface area contributed by atoms with E-state index in [-0.39, 0.29) is 0 Å². The number of piperazine rings is 1. The summed E-state index contributed by atoms with van der Waals surface area (Å²) in [4.78, 5) is 5.32. The molecule has 0 aromatic heterocycles. The summed E-state index contributed by atoms with van der Waals surface area (Å²) in [6, 6.07) is 1.46. The van der Waals surface area contributed by atoms with Crippen LogP contribution in [0.25, 0.3) is 0 Å². The Morgan fingerprint density at radius 1 is 1.25 bits per heavy atom. The second-order valence-corrected chi connectivity index (χ2v) is 7.52. The van der Waals surface area contributed by atoms with E-state index >= 15 is 0 Å². The minimum Gasteiger partial charge on any atom is -0.311 e. The monoisotopic (exact) mass is 281 g/mol. The molecule has 3 nitrogen and oxygen atoms in total. The lowest BCUT2D eigenvalue weighted by atomic mass is 9.94. The molecule has 118 valence electrons. The van der Waals surface area contributed by atoms with E-state index in [0.29, 0.717) is 6.04 Å². The summed E-state index contributed by atoms with van der Waals surface area (Å²) in [5, 5.41) is 3.78. The van der Waals surface area contributed by atoms with Gasteiger partial charge in [0.2, 0.25) is 0 Å². The molecule has 0 amide bonds. The summed E-state index contributed by atoms with van der Waals surface area (Å²) in [6.45, 7) is 13.4. The molecule has 2 fully saturated rings. The van der Waals surface area contributed by atoms with Crippen LogP contribution in [-0.4, -0.2) is 61.7 Å². The maximum Gasteiger partial charge on any atom is 0.0218 e. The Morgan fingerprint density at radius 2 is 2.05 bits per heavy atom. The van der Waals surface area contributed by atoms with Gasteiger partial charge in [-0.15, -0.1) is 0 Å². The fourth-order valence-electron chi connectivity index (χ4n) is 4.04. The quantitative estimate of drug-likeness (QED) is 0.835. The second-order valence-electron chi connectivity index (χ2n) is 7.52. The van der Waals surface area contributed by atoms with Crippen molar-refractivity contribution in [1.82, 2.24) is 15.1 Å². The van der Waals surface area contributed by atoms with Crippen LogP contribution in [-0.2, 0) is 0 Å². The van der Waals surface area contributed by atoms with Crippen molar-refractivity contribution in [3.8, 4) is 0 Å². The first-order chi connectivity index (χ1) is 9.58. The number of hydrogen-bond acceptors (Lipinski definition) is 3. The van der Waals surface area contributed by atoms with Gasteiger partial charge < -0.3 is 10.2 Å². The molecule has 1 N–H and O–H groups in total. The maximum atomic E-state index is 3.78. The van der Waals surface area contributed by atoms with Crippen molar-refractivity contribution in [2.75, 3.05) is 39.8 Å². The van der Waals surface area contributed by atoms with Gasteiger partial charge in [-0.1, -0.05) is 20.8 Å². The van der Waals surface area contributed by atoms with Crippen LogP contribution < -0.4 is 5.32 Å². The fourth-order valence-corrected chi connectivity index (χ4v) is 4.04. The number of piperidine rings is 1. The van der Waals surface area contributed by atoms with Gasteiger partial charge in [-0.05, 0) is 51.1 Å². The lowest BCUT2D eigenvalue weighted by Gasteiger charge is -2.43. The van der Waals surface area contributed by atoms with Crippen molar-refractivity contribution >= 4 is 0 Å². The van der Waals surface area contributed by atoms with Crippen LogP contribution in [0.3, 0.4) is 0 Å². The van der Waals surface area contributed by atoms with Gasteiger partial charge in [0.15, 0.2) is 0 Å². The van der Waals surface area contributed by atoms with Crippen molar-refractivity contribution in [2.45, 2.75) is 58.5 Å². The molecule has 2 heterocycles. The lowest BCUT2D eigenvalue weighted by molar-refractivity contribution is 0.0786. The summed E-state index contributed by atoms with van der Waals surface area (Å²) < 4.78 is 0. The topological polar surface area (TPSA) is 18.5 Å². The van der Waals surface area contributed by atoms with Crippen molar-refractivity contribution in [3.63, 3.8) is 0 Å². The molecule has 0 spiro atoms. The first-order valence-electron chi connectivity index (χ1n) is 8.74. The molecule has 2 saturated heterocycles. The SMILES string of the molecule is CCC1CNC(CC(C)C)CN1CC1CCCN(C)C1. The minimum atomic E-state index is 0.708. The van der Waals surface area contributed by atoms with E-state index in [1.54, 1.807) is 0 Å². The largest absolute Gasteiger partial charge is 0.311 e. The molecule has 0 bridgehead atoms. The van der Waals surface area contributed by atoms with Gasteiger partial charge >= 0.3 is 0 Å². The van der Waals surface area contributed by atoms with Gasteiger partial charge in [-0.3, -0.25) is 4.90 Å². The molecule has 3 atom stereocenters. The predicted molar refractivity (Wildman–Crippen MR) is 87.1 cm³/mol. The van der Waals surface area contributed by atoms with E-state index in [9.17, 15) is 0 Å². The van der Waals surface area contributed by atoms with E-state index in [2.05, 4.69) is 42.9 Å². The lowest BCUT2D eigenvalue weighted by Crippen LogP contribution is -2.58. The summed E-state index contributed by atoms with van der Waals surface area (Å²) >= 11 is 0. The first-order valence-corrected chi connectivity index (χ1v) is 8.74. The molecule has 0 aromatic carbocycles. The molecule has 2 aliphatic heterocycles.